The average molecular weight is 398 g/mol. The number of nitrogens with one attached hydrogen (secondary N) is 1. The molecule has 0 fully saturated rings. The van der Waals surface area contributed by atoms with Gasteiger partial charge in [-0.1, -0.05) is 0 Å². The summed E-state index contributed by atoms with van der Waals surface area (Å²) in [5, 5.41) is 3.18. The normalized spacial score (nSPS) is 15.3. The van der Waals surface area contributed by atoms with Gasteiger partial charge in [0.15, 0.2) is 0 Å². The highest BCUT2D eigenvalue weighted by Crippen LogP contribution is 2.35. The zero-order valence-electron chi connectivity index (χ0n) is 16.3. The van der Waals surface area contributed by atoms with Crippen molar-refractivity contribution in [1.29, 1.82) is 0 Å². The summed E-state index contributed by atoms with van der Waals surface area (Å²) >= 11 is 0. The molecule has 1 N–H and O–H groups in total. The van der Waals surface area contributed by atoms with Crippen LogP contribution in [0.2, 0.25) is 0 Å². The number of methoxy groups -OCH3 is 1. The predicted molar refractivity (Wildman–Crippen MR) is 105 cm³/mol. The second-order valence-electron chi connectivity index (χ2n) is 7.11. The van der Waals surface area contributed by atoms with E-state index in [0.717, 1.165) is 17.3 Å². The SMILES string of the molecule is COc1nc(C)c(Nc2nc(=O)cc3n2C(c2cc(F)cc(F)c2)CC3)cc1C. The fourth-order valence-electron chi connectivity index (χ4n) is 3.80. The Labute approximate surface area is 166 Å². The van der Waals surface area contributed by atoms with Crippen molar-refractivity contribution in [3.05, 3.63) is 74.8 Å². The third-order valence-electron chi connectivity index (χ3n) is 5.10. The molecule has 1 aliphatic rings. The fraction of sp³-hybridized carbons (Fsp3) is 0.286. The van der Waals surface area contributed by atoms with E-state index in [9.17, 15) is 13.6 Å². The van der Waals surface area contributed by atoms with Crippen molar-refractivity contribution < 1.29 is 13.5 Å². The summed E-state index contributed by atoms with van der Waals surface area (Å²) in [5.74, 6) is -0.440. The van der Waals surface area contributed by atoms with Crippen LogP contribution in [0.1, 0.15) is 35.0 Å². The number of aromatic nitrogens is 3. The molecule has 8 heteroatoms. The molecule has 0 amide bonds. The van der Waals surface area contributed by atoms with Gasteiger partial charge in [0.05, 0.1) is 24.5 Å². The van der Waals surface area contributed by atoms with E-state index < -0.39 is 11.6 Å². The van der Waals surface area contributed by atoms with Crippen LogP contribution >= 0.6 is 0 Å². The molecule has 150 valence electrons. The Kier molecular flexibility index (Phi) is 4.77. The van der Waals surface area contributed by atoms with E-state index in [4.69, 9.17) is 4.74 Å². The minimum atomic E-state index is -0.636. The van der Waals surface area contributed by atoms with Crippen LogP contribution < -0.4 is 15.6 Å². The second-order valence-corrected chi connectivity index (χ2v) is 7.11. The quantitative estimate of drug-likeness (QED) is 0.724. The minimum Gasteiger partial charge on any atom is -0.481 e. The van der Waals surface area contributed by atoms with Crippen LogP contribution in [0, 0.1) is 25.5 Å². The number of rotatable bonds is 4. The summed E-state index contributed by atoms with van der Waals surface area (Å²) in [7, 11) is 1.55. The van der Waals surface area contributed by atoms with Gasteiger partial charge in [0.2, 0.25) is 11.8 Å². The van der Waals surface area contributed by atoms with Crippen molar-refractivity contribution in [1.82, 2.24) is 14.5 Å². The van der Waals surface area contributed by atoms with E-state index in [-0.39, 0.29) is 11.6 Å². The number of ether oxygens (including phenoxy) is 1. The number of fused-ring (bicyclic) bond motifs is 1. The molecule has 0 saturated carbocycles. The maximum atomic E-state index is 13.8. The zero-order valence-corrected chi connectivity index (χ0v) is 16.3. The van der Waals surface area contributed by atoms with Gasteiger partial charge in [0.25, 0.3) is 5.56 Å². The number of benzene rings is 1. The molecule has 0 aliphatic carbocycles. The number of anilines is 2. The average Bonchev–Trinajstić information content (AvgIpc) is 3.07. The number of hydrogen-bond acceptors (Lipinski definition) is 5. The molecule has 3 aromatic rings. The van der Waals surface area contributed by atoms with Gasteiger partial charge in [-0.05, 0) is 50.5 Å². The molecule has 1 aliphatic heterocycles. The Bertz CT molecular complexity index is 1140. The molecular weight excluding hydrogens is 378 g/mol. The summed E-state index contributed by atoms with van der Waals surface area (Å²) in [6.07, 6.45) is 1.22. The van der Waals surface area contributed by atoms with E-state index in [1.807, 2.05) is 24.5 Å². The summed E-state index contributed by atoms with van der Waals surface area (Å²) in [6, 6.07) is 6.46. The third kappa shape index (κ3) is 3.57. The first-order valence-corrected chi connectivity index (χ1v) is 9.23. The van der Waals surface area contributed by atoms with Gasteiger partial charge in [0.1, 0.15) is 11.6 Å². The van der Waals surface area contributed by atoms with Crippen molar-refractivity contribution in [3.63, 3.8) is 0 Å². The van der Waals surface area contributed by atoms with Crippen molar-refractivity contribution >= 4 is 11.6 Å². The molecule has 1 aromatic carbocycles. The molecule has 0 radical (unpaired) electrons. The highest BCUT2D eigenvalue weighted by atomic mass is 19.1. The minimum absolute atomic E-state index is 0.314. The van der Waals surface area contributed by atoms with Gasteiger partial charge in [0, 0.05) is 23.4 Å². The lowest BCUT2D eigenvalue weighted by molar-refractivity contribution is 0.394. The number of hydrogen-bond donors (Lipinski definition) is 1. The van der Waals surface area contributed by atoms with Crippen molar-refractivity contribution in [3.8, 4) is 5.88 Å². The van der Waals surface area contributed by atoms with Crippen LogP contribution in [0.15, 0.2) is 35.1 Å². The highest BCUT2D eigenvalue weighted by Gasteiger charge is 2.27. The fourth-order valence-corrected chi connectivity index (χ4v) is 3.80. The van der Waals surface area contributed by atoms with Crippen molar-refractivity contribution in [2.75, 3.05) is 12.4 Å². The standard InChI is InChI=1S/C21H20F2N4O2/c1-11-6-17(12(2)24-20(11)29-3)25-21-26-19(28)10-16-4-5-18(27(16)21)13-7-14(22)9-15(23)8-13/h6-10,18H,4-5H2,1-3H3,(H,25,26,28). The predicted octanol–water partition coefficient (Wildman–Crippen LogP) is 3.82. The van der Waals surface area contributed by atoms with E-state index in [1.54, 1.807) is 7.11 Å². The van der Waals surface area contributed by atoms with Gasteiger partial charge in [-0.25, -0.2) is 13.8 Å². The second kappa shape index (κ2) is 7.27. The van der Waals surface area contributed by atoms with Gasteiger partial charge in [-0.15, -0.1) is 0 Å². The van der Waals surface area contributed by atoms with Crippen LogP contribution in [0.4, 0.5) is 20.4 Å². The highest BCUT2D eigenvalue weighted by molar-refractivity contribution is 5.59. The van der Waals surface area contributed by atoms with Gasteiger partial charge in [-0.3, -0.25) is 4.79 Å². The lowest BCUT2D eigenvalue weighted by atomic mass is 10.0. The largest absolute Gasteiger partial charge is 0.481 e. The maximum absolute atomic E-state index is 13.8. The summed E-state index contributed by atoms with van der Waals surface area (Å²) in [4.78, 5) is 20.7. The number of nitrogens with zero attached hydrogens (tertiary/aromatic N) is 3. The van der Waals surface area contributed by atoms with Crippen LogP contribution in [0.5, 0.6) is 5.88 Å². The zero-order chi connectivity index (χ0) is 20.7. The summed E-state index contributed by atoms with van der Waals surface area (Å²) in [6.45, 7) is 3.68. The molecule has 4 rings (SSSR count). The molecule has 2 aromatic heterocycles. The van der Waals surface area contributed by atoms with Crippen LogP contribution in [-0.2, 0) is 6.42 Å². The lowest BCUT2D eigenvalue weighted by Crippen LogP contribution is -2.20. The van der Waals surface area contributed by atoms with E-state index in [1.165, 1.54) is 18.2 Å². The van der Waals surface area contributed by atoms with E-state index in [2.05, 4.69) is 15.3 Å². The molecular formula is C21H20F2N4O2. The van der Waals surface area contributed by atoms with Crippen LogP contribution in [-0.4, -0.2) is 21.6 Å². The number of aryl methyl sites for hydroxylation is 3. The van der Waals surface area contributed by atoms with Gasteiger partial charge >= 0.3 is 0 Å². The smallest absolute Gasteiger partial charge is 0.274 e. The number of pyridine rings is 1. The Morgan fingerprint density at radius 2 is 1.83 bits per heavy atom. The molecule has 1 atom stereocenters. The van der Waals surface area contributed by atoms with Crippen LogP contribution in [0.25, 0.3) is 0 Å². The lowest BCUT2D eigenvalue weighted by Gasteiger charge is -2.21. The molecule has 6 nitrogen and oxygen atoms in total. The topological polar surface area (TPSA) is 69.0 Å². The Hall–Kier alpha value is -3.29. The Morgan fingerprint density at radius 3 is 2.52 bits per heavy atom. The maximum Gasteiger partial charge on any atom is 0.274 e. The third-order valence-corrected chi connectivity index (χ3v) is 5.10. The van der Waals surface area contributed by atoms with Crippen molar-refractivity contribution in [2.45, 2.75) is 32.7 Å². The molecule has 0 bridgehead atoms. The monoisotopic (exact) mass is 398 g/mol. The first-order valence-electron chi connectivity index (χ1n) is 9.23. The van der Waals surface area contributed by atoms with Gasteiger partial charge < -0.3 is 14.6 Å². The van der Waals surface area contributed by atoms with Crippen LogP contribution in [0.3, 0.4) is 0 Å². The first-order chi connectivity index (χ1) is 13.9. The van der Waals surface area contributed by atoms with Crippen molar-refractivity contribution in [2.24, 2.45) is 0 Å². The number of halogens is 2. The molecule has 0 spiro atoms. The first kappa shape index (κ1) is 19.0. The Morgan fingerprint density at radius 1 is 1.10 bits per heavy atom. The molecule has 1 unspecified atom stereocenters. The summed E-state index contributed by atoms with van der Waals surface area (Å²) in [5.41, 5.74) is 3.05. The van der Waals surface area contributed by atoms with Gasteiger partial charge in [-0.2, -0.15) is 4.98 Å². The Balaban J connectivity index is 1.81. The molecule has 0 saturated heterocycles. The van der Waals surface area contributed by atoms with E-state index >= 15 is 0 Å². The molecule has 29 heavy (non-hydrogen) atoms. The summed E-state index contributed by atoms with van der Waals surface area (Å²) < 4.78 is 34.6. The molecule has 3 heterocycles. The van der Waals surface area contributed by atoms with E-state index in [0.29, 0.717) is 41.6 Å².